The lowest BCUT2D eigenvalue weighted by Gasteiger charge is -2.49. The fraction of sp³-hybridized carbons (Fsp3) is 0.435. The van der Waals surface area contributed by atoms with E-state index < -0.39 is 11.7 Å². The highest BCUT2D eigenvalue weighted by Crippen LogP contribution is 2.40. The molecule has 0 unspecified atom stereocenters. The Bertz CT molecular complexity index is 1310. The first-order valence-electron chi connectivity index (χ1n) is 10.4. The highest BCUT2D eigenvalue weighted by atomic mass is 32.1. The van der Waals surface area contributed by atoms with Crippen molar-refractivity contribution < 1.29 is 9.50 Å². The Hall–Kier alpha value is -2.58. The van der Waals surface area contributed by atoms with Gasteiger partial charge in [-0.1, -0.05) is 0 Å². The number of fused-ring (bicyclic) bond motifs is 2. The first kappa shape index (κ1) is 20.3. The number of halogens is 1. The van der Waals surface area contributed by atoms with Crippen LogP contribution < -0.4 is 5.32 Å². The Morgan fingerprint density at radius 2 is 1.97 bits per heavy atom. The number of piperidine rings is 1. The van der Waals surface area contributed by atoms with Crippen LogP contribution in [0.2, 0.25) is 0 Å². The van der Waals surface area contributed by atoms with E-state index in [1.807, 2.05) is 49.7 Å². The second-order valence-electron chi connectivity index (χ2n) is 9.71. The van der Waals surface area contributed by atoms with E-state index in [2.05, 4.69) is 34.3 Å². The molecule has 162 valence electrons. The van der Waals surface area contributed by atoms with E-state index >= 15 is 4.39 Å². The molecule has 2 N–H and O–H groups in total. The molecule has 1 fully saturated rings. The molecule has 3 aromatic heterocycles. The quantitative estimate of drug-likeness (QED) is 0.452. The van der Waals surface area contributed by atoms with Crippen LogP contribution in [0, 0.1) is 6.92 Å². The summed E-state index contributed by atoms with van der Waals surface area (Å²) in [7, 11) is 0. The van der Waals surface area contributed by atoms with Crippen molar-refractivity contribution in [3.63, 3.8) is 0 Å². The maximum absolute atomic E-state index is 15.4. The summed E-state index contributed by atoms with van der Waals surface area (Å²) < 4.78 is 18.3. The maximum Gasteiger partial charge on any atom is 0.162 e. The molecule has 0 radical (unpaired) electrons. The van der Waals surface area contributed by atoms with Crippen molar-refractivity contribution in [3.05, 3.63) is 35.5 Å². The van der Waals surface area contributed by atoms with Crippen LogP contribution in [-0.2, 0) is 0 Å². The Balaban J connectivity index is 1.57. The van der Waals surface area contributed by atoms with Gasteiger partial charge < -0.3 is 15.0 Å². The van der Waals surface area contributed by atoms with Gasteiger partial charge in [0.2, 0.25) is 0 Å². The highest BCUT2D eigenvalue weighted by Gasteiger charge is 2.47. The lowest BCUT2D eigenvalue weighted by atomic mass is 9.78. The van der Waals surface area contributed by atoms with Crippen molar-refractivity contribution in [1.82, 2.24) is 25.1 Å². The normalized spacial score (nSPS) is 22.9. The van der Waals surface area contributed by atoms with Gasteiger partial charge in [0.15, 0.2) is 5.65 Å². The average Bonchev–Trinajstić information content (AvgIpc) is 3.24. The van der Waals surface area contributed by atoms with Crippen LogP contribution in [0.4, 0.5) is 4.39 Å². The number of alkyl halides is 1. The van der Waals surface area contributed by atoms with Crippen LogP contribution in [0.25, 0.3) is 32.5 Å². The zero-order valence-corrected chi connectivity index (χ0v) is 19.1. The zero-order valence-electron chi connectivity index (χ0n) is 18.3. The second-order valence-corrected chi connectivity index (χ2v) is 10.9. The fourth-order valence-electron chi connectivity index (χ4n) is 4.98. The molecule has 2 atom stereocenters. The Morgan fingerprint density at radius 3 is 2.74 bits per heavy atom. The molecule has 1 aromatic carbocycles. The number of hydrogen-bond donors (Lipinski definition) is 2. The number of aryl methyl sites for hydroxylation is 1. The van der Waals surface area contributed by atoms with Crippen molar-refractivity contribution in [1.29, 1.82) is 0 Å². The van der Waals surface area contributed by atoms with Crippen molar-refractivity contribution in [2.24, 2.45) is 0 Å². The zero-order chi connectivity index (χ0) is 22.1. The highest BCUT2D eigenvalue weighted by molar-refractivity contribution is 7.18. The molecule has 0 amide bonds. The molecule has 0 bridgehead atoms. The lowest BCUT2D eigenvalue weighted by molar-refractivity contribution is 0.0313. The number of hydrogen-bond acceptors (Lipinski definition) is 6. The first-order valence-corrected chi connectivity index (χ1v) is 11.2. The van der Waals surface area contributed by atoms with Crippen LogP contribution in [0.5, 0.6) is 5.75 Å². The number of rotatable bonds is 2. The third kappa shape index (κ3) is 3.38. The van der Waals surface area contributed by atoms with Gasteiger partial charge >= 0.3 is 0 Å². The van der Waals surface area contributed by atoms with Crippen LogP contribution in [0.15, 0.2) is 30.5 Å². The summed E-state index contributed by atoms with van der Waals surface area (Å²) in [5.74, 6) is 0.122. The molecule has 1 saturated heterocycles. The number of nitrogens with zero attached hydrogens (tertiary/aromatic N) is 4. The number of thiazole rings is 1. The molecular weight excluding hydrogens is 413 g/mol. The summed E-state index contributed by atoms with van der Waals surface area (Å²) in [5, 5.41) is 24.6. The molecule has 4 aromatic rings. The van der Waals surface area contributed by atoms with Crippen molar-refractivity contribution >= 4 is 32.6 Å². The van der Waals surface area contributed by atoms with Crippen LogP contribution >= 0.6 is 11.3 Å². The average molecular weight is 440 g/mol. The molecule has 6 nitrogen and oxygen atoms in total. The minimum Gasteiger partial charge on any atom is -0.507 e. The number of phenolic OH excluding ortho intramolecular Hbond substituents is 1. The Labute approximate surface area is 184 Å². The van der Waals surface area contributed by atoms with Crippen molar-refractivity contribution in [2.45, 2.75) is 64.3 Å². The van der Waals surface area contributed by atoms with Crippen LogP contribution in [0.1, 0.15) is 45.2 Å². The van der Waals surface area contributed by atoms with Gasteiger partial charge in [-0.3, -0.25) is 0 Å². The smallest absolute Gasteiger partial charge is 0.162 e. The minimum absolute atomic E-state index is 0.122. The molecule has 1 aliphatic rings. The number of aromatic hydroxyl groups is 1. The fourth-order valence-corrected chi connectivity index (χ4v) is 5.82. The van der Waals surface area contributed by atoms with E-state index in [9.17, 15) is 5.11 Å². The molecule has 31 heavy (non-hydrogen) atoms. The topological polar surface area (TPSA) is 75.9 Å². The minimum atomic E-state index is -1.07. The number of phenols is 1. The summed E-state index contributed by atoms with van der Waals surface area (Å²) in [4.78, 5) is 4.42. The maximum atomic E-state index is 15.4. The Kier molecular flexibility index (Phi) is 4.40. The van der Waals surface area contributed by atoms with Gasteiger partial charge in [-0.2, -0.15) is 0 Å². The van der Waals surface area contributed by atoms with E-state index in [0.29, 0.717) is 23.3 Å². The van der Waals surface area contributed by atoms with Crippen LogP contribution in [-0.4, -0.2) is 42.1 Å². The summed E-state index contributed by atoms with van der Waals surface area (Å²) in [6.45, 7) is 9.95. The molecule has 0 saturated carbocycles. The van der Waals surface area contributed by atoms with Gasteiger partial charge in [-0.25, -0.2) is 9.37 Å². The summed E-state index contributed by atoms with van der Waals surface area (Å²) in [6, 6.07) is 7.07. The number of nitrogens with one attached hydrogen (secondary N) is 1. The molecule has 8 heteroatoms. The summed E-state index contributed by atoms with van der Waals surface area (Å²) in [6.07, 6.45) is 1.47. The van der Waals surface area contributed by atoms with E-state index in [1.54, 1.807) is 17.4 Å². The number of aromatic nitrogens is 4. The van der Waals surface area contributed by atoms with Crippen LogP contribution in [0.3, 0.4) is 0 Å². The monoisotopic (exact) mass is 439 g/mol. The molecule has 0 aliphatic carbocycles. The second kappa shape index (κ2) is 6.71. The SMILES string of the molecule is Cc1nc2cc(O)c(-c3cc4ccn([C@H]5CC(C)(C)NC(C)(C)[C@H]5F)c4nn3)cc2s1. The van der Waals surface area contributed by atoms with E-state index in [-0.39, 0.29) is 17.3 Å². The molecule has 0 spiro atoms. The standard InChI is InChI=1S/C23H26FN5OS/c1-12-25-16-10-18(30)14(9-19(16)31-12)15-8-13-6-7-29(21(13)27-26-15)17-11-22(2,3)28-23(4,5)20(17)24/h6-10,17,20,28,30H,11H2,1-5H3/t17-,20-/m0/s1. The van der Waals surface area contributed by atoms with Crippen molar-refractivity contribution in [3.8, 4) is 17.0 Å². The van der Waals surface area contributed by atoms with E-state index in [1.165, 1.54) is 0 Å². The van der Waals surface area contributed by atoms with Gasteiger partial charge in [0.25, 0.3) is 0 Å². The Morgan fingerprint density at radius 1 is 1.19 bits per heavy atom. The van der Waals surface area contributed by atoms with Gasteiger partial charge in [0.1, 0.15) is 11.9 Å². The lowest BCUT2D eigenvalue weighted by Crippen LogP contribution is -2.64. The third-order valence-electron chi connectivity index (χ3n) is 6.12. The van der Waals surface area contributed by atoms with Gasteiger partial charge in [0, 0.05) is 34.3 Å². The predicted molar refractivity (Wildman–Crippen MR) is 122 cm³/mol. The van der Waals surface area contributed by atoms with E-state index in [0.717, 1.165) is 20.6 Å². The number of benzene rings is 1. The van der Waals surface area contributed by atoms with Gasteiger partial charge in [-0.05, 0) is 59.2 Å². The molecule has 5 rings (SSSR count). The third-order valence-corrected chi connectivity index (χ3v) is 7.05. The molecule has 4 heterocycles. The van der Waals surface area contributed by atoms with Gasteiger partial charge in [0.05, 0.1) is 27.0 Å². The largest absolute Gasteiger partial charge is 0.507 e. The van der Waals surface area contributed by atoms with E-state index in [4.69, 9.17) is 0 Å². The summed E-state index contributed by atoms with van der Waals surface area (Å²) in [5.41, 5.74) is 1.77. The van der Waals surface area contributed by atoms with Crippen molar-refractivity contribution in [2.75, 3.05) is 0 Å². The first-order chi connectivity index (χ1) is 14.5. The molecule has 1 aliphatic heterocycles. The molecular formula is C23H26FN5OS. The summed E-state index contributed by atoms with van der Waals surface area (Å²) >= 11 is 1.57. The predicted octanol–water partition coefficient (Wildman–Crippen LogP) is 5.15. The van der Waals surface area contributed by atoms with Gasteiger partial charge in [-0.15, -0.1) is 21.5 Å².